The smallest absolute Gasteiger partial charge is 0 e. The van der Waals surface area contributed by atoms with Crippen molar-refractivity contribution in [2.45, 2.75) is 0 Å². The average molecular weight is 1130 g/mol. The van der Waals surface area contributed by atoms with Crippen LogP contribution in [0.15, 0.2) is 0 Å². The molecule has 0 aliphatic carbocycles. The van der Waals surface area contributed by atoms with Crippen molar-refractivity contribution in [2.24, 2.45) is 0 Å². The van der Waals surface area contributed by atoms with E-state index in [1.165, 1.54) is 0 Å². The first kappa shape index (κ1) is 84.9. The van der Waals surface area contributed by atoms with Crippen LogP contribution in [-0.2, 0) is 102 Å². The molecule has 0 heterocycles. The minimum Gasteiger partial charge on any atom is 0 e. The van der Waals surface area contributed by atoms with Crippen LogP contribution < -0.4 is 0 Å². The van der Waals surface area contributed by atoms with Crippen molar-refractivity contribution < 1.29 is 304 Å². The summed E-state index contributed by atoms with van der Waals surface area (Å²) in [6, 6.07) is 0. The zero-order valence-corrected chi connectivity index (χ0v) is 22.6. The van der Waals surface area contributed by atoms with Crippen molar-refractivity contribution in [3.63, 3.8) is 0 Å². The second-order valence-corrected chi connectivity index (χ2v) is 0. The van der Waals surface area contributed by atoms with Gasteiger partial charge in [-0.2, -0.15) is 0 Å². The molecule has 0 spiro atoms. The molecule has 0 aliphatic heterocycles. The summed E-state index contributed by atoms with van der Waals surface area (Å²) in [5, 5.41) is 0. The minimum absolute atomic E-state index is 0. The van der Waals surface area contributed by atoms with E-state index in [4.69, 9.17) is 0 Å². The summed E-state index contributed by atoms with van der Waals surface area (Å²) in [6.07, 6.45) is 0. The molecule has 0 bridgehead atoms. The van der Waals surface area contributed by atoms with Gasteiger partial charge in [0.05, 0.1) is 0 Å². The molecule has 0 saturated heterocycles. The normalized spacial score (nSPS) is 0. The molecule has 0 N–H and O–H groups in total. The topological polar surface area (TPSA) is 0 Å². The van der Waals surface area contributed by atoms with E-state index < -0.39 is 0 Å². The van der Waals surface area contributed by atoms with Gasteiger partial charge in [0.15, 0.2) is 0 Å². The molecule has 0 aromatic carbocycles. The predicted octanol–water partition coefficient (Wildman–Crippen LogP) is -0.0150. The zero-order chi connectivity index (χ0) is 0. The largest absolute Gasteiger partial charge is 0 e. The molecule has 0 amide bonds. The minimum atomic E-state index is 0. The molecule has 0 rings (SSSR count). The summed E-state index contributed by atoms with van der Waals surface area (Å²) in [6.45, 7) is 0. The molecule has 0 aromatic heterocycles. The molecule has 0 unspecified atom stereocenters. The zero-order valence-electron chi connectivity index (χ0n) is 3.85. The molecule has 0 aliphatic rings. The van der Waals surface area contributed by atoms with E-state index in [0.717, 1.165) is 0 Å². The summed E-state index contributed by atoms with van der Waals surface area (Å²) in [5.74, 6) is 0. The van der Waals surface area contributed by atoms with Gasteiger partial charge in [-0.1, -0.05) is 0 Å². The maximum absolute atomic E-state index is 0. The maximum atomic E-state index is 0. The van der Waals surface area contributed by atoms with E-state index >= 15 is 0 Å². The third-order valence-electron chi connectivity index (χ3n) is 0. The molecule has 0 atom stereocenters. The monoisotopic (exact) mass is 1140 g/mol. The molecule has 0 nitrogen and oxygen atoms in total. The summed E-state index contributed by atoms with van der Waals surface area (Å²) in [4.78, 5) is 0. The summed E-state index contributed by atoms with van der Waals surface area (Å²) in [5.41, 5.74) is 0. The van der Waals surface area contributed by atoms with Gasteiger partial charge in [0.1, 0.15) is 0 Å². The van der Waals surface area contributed by atoms with Gasteiger partial charge >= 0.3 is 0 Å². The second-order valence-electron chi connectivity index (χ2n) is 0. The van der Waals surface area contributed by atoms with E-state index in [-0.39, 0.29) is 304 Å². The maximum Gasteiger partial charge on any atom is 0 e. The van der Waals surface area contributed by atoms with E-state index in [2.05, 4.69) is 0 Å². The van der Waals surface area contributed by atoms with Gasteiger partial charge < -0.3 is 0 Å². The van der Waals surface area contributed by atoms with Gasteiger partial charge in [-0.25, -0.2) is 0 Å². The molecule has 11 heavy (non-hydrogen) atoms. The number of hydrogen-bond acceptors (Lipinski definition) is 0. The van der Waals surface area contributed by atoms with Gasteiger partial charge in [0.2, 0.25) is 0 Å². The Kier molecular flexibility index (Phi) is 562. The van der Waals surface area contributed by atoms with Crippen LogP contribution >= 0.6 is 0 Å². The van der Waals surface area contributed by atoms with Crippen molar-refractivity contribution in [1.82, 2.24) is 0 Å². The van der Waals surface area contributed by atoms with Crippen LogP contribution in [0, 0.1) is 202 Å². The summed E-state index contributed by atoms with van der Waals surface area (Å²) >= 11 is 0. The number of rotatable bonds is 0. The Morgan fingerprint density at radius 1 is 0.182 bits per heavy atom. The Morgan fingerprint density at radius 3 is 0.182 bits per heavy atom. The van der Waals surface area contributed by atoms with Crippen molar-refractivity contribution in [2.75, 3.05) is 0 Å². The average Bonchev–Trinajstić information content (AvgIpc) is 0. The predicted molar refractivity (Wildman–Crippen MR) is 0 cm³/mol. The van der Waals surface area contributed by atoms with Crippen molar-refractivity contribution >= 4 is 0 Å². The van der Waals surface area contributed by atoms with Crippen LogP contribution in [0.2, 0.25) is 0 Å². The standard InChI is InChI=1S/6Cu.5Sm. The second kappa shape index (κ2) is 72.8. The van der Waals surface area contributed by atoms with E-state index in [0.29, 0.717) is 0 Å². The third kappa shape index (κ3) is 65.3. The molecular weight excluding hydrogens is 1130 g/mol. The summed E-state index contributed by atoms with van der Waals surface area (Å²) in [7, 11) is 0. The first-order valence-corrected chi connectivity index (χ1v) is 0. The third-order valence-corrected chi connectivity index (χ3v) is 0. The molecule has 96 valence electrons. The fourth-order valence-corrected chi connectivity index (χ4v) is 0. The van der Waals surface area contributed by atoms with Gasteiger partial charge in [-0.15, -0.1) is 0 Å². The van der Waals surface area contributed by atoms with E-state index in [1.54, 1.807) is 0 Å². The molecule has 0 aromatic rings. The van der Waals surface area contributed by atoms with Gasteiger partial charge in [0, 0.05) is 304 Å². The molecular formula is Cu6Sm5. The Labute approximate surface area is 294 Å². The first-order chi connectivity index (χ1) is 0. The van der Waals surface area contributed by atoms with Crippen LogP contribution in [0.4, 0.5) is 0 Å². The molecule has 11 heteroatoms. The Hall–Kier alpha value is 9.81. The van der Waals surface area contributed by atoms with Gasteiger partial charge in [-0.3, -0.25) is 0 Å². The van der Waals surface area contributed by atoms with Crippen molar-refractivity contribution in [1.29, 1.82) is 0 Å². The van der Waals surface area contributed by atoms with Crippen LogP contribution in [0.3, 0.4) is 0 Å². The van der Waals surface area contributed by atoms with Crippen LogP contribution in [0.1, 0.15) is 0 Å². The van der Waals surface area contributed by atoms with Crippen molar-refractivity contribution in [3.8, 4) is 0 Å². The molecule has 6 radical (unpaired) electrons. The van der Waals surface area contributed by atoms with E-state index in [1.807, 2.05) is 0 Å². The quantitative estimate of drug-likeness (QED) is 0.300. The fourth-order valence-electron chi connectivity index (χ4n) is 0. The van der Waals surface area contributed by atoms with Crippen molar-refractivity contribution in [3.05, 3.63) is 0 Å². The Morgan fingerprint density at radius 2 is 0.182 bits per heavy atom. The number of hydrogen-bond donors (Lipinski definition) is 0. The van der Waals surface area contributed by atoms with Crippen LogP contribution in [0.25, 0.3) is 0 Å². The van der Waals surface area contributed by atoms with Crippen LogP contribution in [0.5, 0.6) is 0 Å². The Bertz CT molecular complexity index is 10.9. The Balaban J connectivity index is 0. The van der Waals surface area contributed by atoms with E-state index in [9.17, 15) is 0 Å². The summed E-state index contributed by atoms with van der Waals surface area (Å²) < 4.78 is 0. The van der Waals surface area contributed by atoms with Gasteiger partial charge in [0.25, 0.3) is 0 Å². The molecule has 0 saturated carbocycles. The van der Waals surface area contributed by atoms with Gasteiger partial charge in [-0.05, 0) is 0 Å². The fraction of sp³-hybridized carbons (Fsp3) is 0. The first-order valence-electron chi connectivity index (χ1n) is 0. The molecule has 0 fully saturated rings. The van der Waals surface area contributed by atoms with Crippen LogP contribution in [-0.4, -0.2) is 0 Å². The SMILES string of the molecule is [Cu].[Cu].[Cu].[Cu].[Cu].[Cu].[Sm].[Sm].[Sm].[Sm].[Sm].